The molecule has 0 radical (unpaired) electrons. The van der Waals surface area contributed by atoms with Gasteiger partial charge in [-0.15, -0.1) is 0 Å². The minimum absolute atomic E-state index is 0.0643. The second-order valence-electron chi connectivity index (χ2n) is 8.94. The van der Waals surface area contributed by atoms with Gasteiger partial charge in [0, 0.05) is 42.8 Å². The fourth-order valence-electron chi connectivity index (χ4n) is 4.92. The Morgan fingerprint density at radius 3 is 2.56 bits per heavy atom. The minimum atomic E-state index is -4.42. The van der Waals surface area contributed by atoms with Crippen LogP contribution in [0.2, 0.25) is 0 Å². The number of likely N-dealkylation sites (tertiary alicyclic amines) is 1. The average Bonchev–Trinajstić information content (AvgIpc) is 3.06. The first-order valence-corrected chi connectivity index (χ1v) is 11.3. The molecule has 3 unspecified atom stereocenters. The van der Waals surface area contributed by atoms with E-state index in [1.165, 1.54) is 6.07 Å². The summed E-state index contributed by atoms with van der Waals surface area (Å²) in [6, 6.07) is 9.85. The second-order valence-corrected chi connectivity index (χ2v) is 8.94. The lowest BCUT2D eigenvalue weighted by atomic mass is 9.80. The van der Waals surface area contributed by atoms with Crippen LogP contribution in [0.5, 0.6) is 0 Å². The molecular formula is C25H24F3N5O. The SMILES string of the molecule is Cc1ccc(-c2ncccn2)c(C(=O)N2C(CNc3ccc(C(F)(F)F)cn3)CC3CCC32)c1. The van der Waals surface area contributed by atoms with Crippen molar-refractivity contribution in [3.05, 3.63) is 71.7 Å². The van der Waals surface area contributed by atoms with Gasteiger partial charge in [0.2, 0.25) is 0 Å². The number of hydrogen-bond donors (Lipinski definition) is 1. The molecule has 5 rings (SSSR count). The Labute approximate surface area is 195 Å². The van der Waals surface area contributed by atoms with Crippen LogP contribution in [0.4, 0.5) is 19.0 Å². The number of aromatic nitrogens is 3. The average molecular weight is 467 g/mol. The molecule has 3 aromatic rings. The standard InChI is InChI=1S/C25H24F3N5O/c1-15-3-6-19(23-29-9-2-10-30-23)20(11-15)24(34)33-18(12-16-4-7-21(16)33)14-32-22-8-5-17(13-31-22)25(26,27)28/h2-3,5-6,8-11,13,16,18,21H,4,7,12,14H2,1H3,(H,31,32). The van der Waals surface area contributed by atoms with Crippen LogP contribution >= 0.6 is 0 Å². The fourth-order valence-corrected chi connectivity index (χ4v) is 4.92. The van der Waals surface area contributed by atoms with E-state index in [-0.39, 0.29) is 18.0 Å². The number of nitrogens with zero attached hydrogens (tertiary/aromatic N) is 4. The first-order chi connectivity index (χ1) is 16.3. The van der Waals surface area contributed by atoms with Crippen LogP contribution in [0.25, 0.3) is 11.4 Å². The maximum Gasteiger partial charge on any atom is 0.417 e. The molecular weight excluding hydrogens is 443 g/mol. The monoisotopic (exact) mass is 467 g/mol. The molecule has 2 aliphatic rings. The second kappa shape index (κ2) is 8.70. The highest BCUT2D eigenvalue weighted by molar-refractivity contribution is 6.01. The summed E-state index contributed by atoms with van der Waals surface area (Å²) in [5.74, 6) is 1.23. The van der Waals surface area contributed by atoms with Crippen LogP contribution in [0.1, 0.15) is 40.7 Å². The molecule has 2 fully saturated rings. The number of carbonyl (C=O) groups excluding carboxylic acids is 1. The molecule has 1 aliphatic carbocycles. The number of hydrogen-bond acceptors (Lipinski definition) is 5. The van der Waals surface area contributed by atoms with E-state index < -0.39 is 11.7 Å². The molecule has 1 N–H and O–H groups in total. The number of aryl methyl sites for hydroxylation is 1. The lowest BCUT2D eigenvalue weighted by Gasteiger charge is -2.38. The van der Waals surface area contributed by atoms with Gasteiger partial charge in [-0.1, -0.05) is 17.7 Å². The Kier molecular flexibility index (Phi) is 5.71. The molecule has 1 amide bonds. The Hall–Kier alpha value is -3.49. The van der Waals surface area contributed by atoms with Gasteiger partial charge >= 0.3 is 6.18 Å². The van der Waals surface area contributed by atoms with E-state index in [2.05, 4.69) is 20.3 Å². The minimum Gasteiger partial charge on any atom is -0.368 e. The van der Waals surface area contributed by atoms with Gasteiger partial charge in [0.05, 0.1) is 11.1 Å². The molecule has 0 bridgehead atoms. The summed E-state index contributed by atoms with van der Waals surface area (Å²) in [5, 5.41) is 3.13. The molecule has 9 heteroatoms. The quantitative estimate of drug-likeness (QED) is 0.574. The summed E-state index contributed by atoms with van der Waals surface area (Å²) in [6.07, 6.45) is 2.58. The Morgan fingerprint density at radius 2 is 1.91 bits per heavy atom. The molecule has 34 heavy (non-hydrogen) atoms. The van der Waals surface area contributed by atoms with Crippen LogP contribution < -0.4 is 5.32 Å². The van der Waals surface area contributed by atoms with Crippen molar-refractivity contribution in [1.82, 2.24) is 19.9 Å². The third-order valence-electron chi connectivity index (χ3n) is 6.76. The molecule has 0 spiro atoms. The Morgan fingerprint density at radius 1 is 1.12 bits per heavy atom. The lowest BCUT2D eigenvalue weighted by Crippen LogP contribution is -2.47. The zero-order valence-corrected chi connectivity index (χ0v) is 18.6. The van der Waals surface area contributed by atoms with Gasteiger partial charge < -0.3 is 10.2 Å². The summed E-state index contributed by atoms with van der Waals surface area (Å²) in [6.45, 7) is 2.36. The molecule has 2 aromatic heterocycles. The van der Waals surface area contributed by atoms with E-state index in [0.29, 0.717) is 35.2 Å². The molecule has 3 heterocycles. The fraction of sp³-hybridized carbons (Fsp3) is 0.360. The van der Waals surface area contributed by atoms with Gasteiger partial charge in [0.1, 0.15) is 5.82 Å². The Balaban J connectivity index is 1.38. The summed E-state index contributed by atoms with van der Waals surface area (Å²) in [7, 11) is 0. The van der Waals surface area contributed by atoms with Crippen LogP contribution in [0, 0.1) is 12.8 Å². The number of pyridine rings is 1. The third-order valence-corrected chi connectivity index (χ3v) is 6.76. The number of anilines is 1. The molecule has 1 aromatic carbocycles. The van der Waals surface area contributed by atoms with E-state index in [1.54, 1.807) is 18.5 Å². The predicted molar refractivity (Wildman–Crippen MR) is 121 cm³/mol. The molecule has 6 nitrogen and oxygen atoms in total. The van der Waals surface area contributed by atoms with Gasteiger partial charge in [0.15, 0.2) is 5.82 Å². The summed E-state index contributed by atoms with van der Waals surface area (Å²) < 4.78 is 38.4. The predicted octanol–water partition coefficient (Wildman–Crippen LogP) is 4.97. The highest BCUT2D eigenvalue weighted by Gasteiger charge is 2.48. The number of fused-ring (bicyclic) bond motifs is 1. The maximum atomic E-state index is 13.9. The highest BCUT2D eigenvalue weighted by atomic mass is 19.4. The van der Waals surface area contributed by atoms with Gasteiger partial charge in [-0.2, -0.15) is 13.2 Å². The van der Waals surface area contributed by atoms with Gasteiger partial charge in [-0.3, -0.25) is 4.79 Å². The van der Waals surface area contributed by atoms with E-state index in [0.717, 1.165) is 37.1 Å². The van der Waals surface area contributed by atoms with E-state index >= 15 is 0 Å². The summed E-state index contributed by atoms with van der Waals surface area (Å²) in [5.41, 5.74) is 1.44. The Bertz CT molecular complexity index is 1180. The number of nitrogens with one attached hydrogen (secondary N) is 1. The number of benzene rings is 1. The van der Waals surface area contributed by atoms with Crippen molar-refractivity contribution in [3.63, 3.8) is 0 Å². The number of alkyl halides is 3. The highest BCUT2D eigenvalue weighted by Crippen LogP contribution is 2.45. The number of carbonyl (C=O) groups is 1. The van der Waals surface area contributed by atoms with E-state index in [1.807, 2.05) is 30.0 Å². The van der Waals surface area contributed by atoms with Crippen molar-refractivity contribution in [2.75, 3.05) is 11.9 Å². The first-order valence-electron chi connectivity index (χ1n) is 11.3. The zero-order valence-electron chi connectivity index (χ0n) is 18.6. The van der Waals surface area contributed by atoms with Crippen molar-refractivity contribution in [2.45, 2.75) is 44.4 Å². The van der Waals surface area contributed by atoms with Crippen molar-refractivity contribution < 1.29 is 18.0 Å². The van der Waals surface area contributed by atoms with Crippen LogP contribution in [-0.2, 0) is 6.18 Å². The molecule has 3 atom stereocenters. The first kappa shape index (κ1) is 22.3. The number of amides is 1. The van der Waals surface area contributed by atoms with Crippen molar-refractivity contribution in [3.8, 4) is 11.4 Å². The van der Waals surface area contributed by atoms with Crippen molar-refractivity contribution >= 4 is 11.7 Å². The number of halogens is 3. The molecule has 1 saturated carbocycles. The summed E-state index contributed by atoms with van der Waals surface area (Å²) >= 11 is 0. The van der Waals surface area contributed by atoms with E-state index in [9.17, 15) is 18.0 Å². The van der Waals surface area contributed by atoms with Gasteiger partial charge in [-0.05, 0) is 56.4 Å². The molecule has 176 valence electrons. The topological polar surface area (TPSA) is 71.0 Å². The molecule has 1 aliphatic heterocycles. The summed E-state index contributed by atoms with van der Waals surface area (Å²) in [4.78, 5) is 28.4. The van der Waals surface area contributed by atoms with Crippen molar-refractivity contribution in [2.24, 2.45) is 5.92 Å². The lowest BCUT2D eigenvalue weighted by molar-refractivity contribution is -0.137. The van der Waals surface area contributed by atoms with Gasteiger partial charge in [0.25, 0.3) is 5.91 Å². The largest absolute Gasteiger partial charge is 0.417 e. The molecule has 1 saturated heterocycles. The van der Waals surface area contributed by atoms with Crippen LogP contribution in [0.3, 0.4) is 0 Å². The normalized spacial score (nSPS) is 21.6. The van der Waals surface area contributed by atoms with E-state index in [4.69, 9.17) is 0 Å². The van der Waals surface area contributed by atoms with Gasteiger partial charge in [-0.25, -0.2) is 15.0 Å². The van der Waals surface area contributed by atoms with Crippen LogP contribution in [0.15, 0.2) is 55.0 Å². The van der Waals surface area contributed by atoms with Crippen molar-refractivity contribution in [1.29, 1.82) is 0 Å². The van der Waals surface area contributed by atoms with Crippen LogP contribution in [-0.4, -0.2) is 44.4 Å². The number of rotatable bonds is 5. The maximum absolute atomic E-state index is 13.9. The third kappa shape index (κ3) is 4.22. The zero-order chi connectivity index (χ0) is 23.9. The smallest absolute Gasteiger partial charge is 0.368 e.